The van der Waals surface area contributed by atoms with Crippen LogP contribution in [-0.4, -0.2) is 82.8 Å². The molecule has 182 valence electrons. The number of aromatic nitrogens is 2. The smallest absolute Gasteiger partial charge is 0.231 e. The second-order valence-electron chi connectivity index (χ2n) is 9.71. The summed E-state index contributed by atoms with van der Waals surface area (Å²) in [6.07, 6.45) is 1.36. The summed E-state index contributed by atoms with van der Waals surface area (Å²) >= 11 is 6.08. The van der Waals surface area contributed by atoms with Gasteiger partial charge in [-0.15, -0.1) is 0 Å². The lowest BCUT2D eigenvalue weighted by Crippen LogP contribution is -2.51. The van der Waals surface area contributed by atoms with Gasteiger partial charge in [-0.2, -0.15) is 0 Å². The molecule has 3 heterocycles. The molecule has 1 amide bonds. The van der Waals surface area contributed by atoms with Gasteiger partial charge >= 0.3 is 0 Å². The van der Waals surface area contributed by atoms with Crippen molar-refractivity contribution < 1.29 is 14.3 Å². The third-order valence-electron chi connectivity index (χ3n) is 7.40. The van der Waals surface area contributed by atoms with Gasteiger partial charge in [0.05, 0.1) is 17.7 Å². The number of halogens is 2. The van der Waals surface area contributed by atoms with Gasteiger partial charge in [0.2, 0.25) is 5.91 Å². The number of carbonyl (C=O) groups excluding carboxylic acids is 1. The van der Waals surface area contributed by atoms with E-state index >= 15 is 0 Å². The number of fused-ring (bicyclic) bond motifs is 1. The lowest BCUT2D eigenvalue weighted by atomic mass is 9.96. The van der Waals surface area contributed by atoms with Crippen molar-refractivity contribution in [3.05, 3.63) is 52.4 Å². The number of anilines is 1. The average Bonchev–Trinajstić information content (AvgIpc) is 3.39. The molecule has 0 bridgehead atoms. The van der Waals surface area contributed by atoms with E-state index < -0.39 is 12.3 Å². The minimum Gasteiger partial charge on any atom is -0.387 e. The van der Waals surface area contributed by atoms with Crippen molar-refractivity contribution in [2.45, 2.75) is 43.9 Å². The van der Waals surface area contributed by atoms with Crippen LogP contribution in [0, 0.1) is 0 Å². The maximum atomic E-state index is 13.8. The Morgan fingerprint density at radius 1 is 1.18 bits per heavy atom. The van der Waals surface area contributed by atoms with Gasteiger partial charge in [0.15, 0.2) is 0 Å². The van der Waals surface area contributed by atoms with Crippen LogP contribution in [0.25, 0.3) is 0 Å². The lowest BCUT2D eigenvalue weighted by molar-refractivity contribution is -0.133. The maximum absolute atomic E-state index is 13.8. The highest BCUT2D eigenvalue weighted by molar-refractivity contribution is 6.30. The van der Waals surface area contributed by atoms with E-state index in [9.17, 15) is 14.3 Å². The quantitative estimate of drug-likeness (QED) is 0.698. The summed E-state index contributed by atoms with van der Waals surface area (Å²) in [5, 5.41) is 10.9. The predicted octanol–water partition coefficient (Wildman–Crippen LogP) is 3.15. The Hall–Kier alpha value is -2.29. The molecule has 2 saturated heterocycles. The van der Waals surface area contributed by atoms with Crippen LogP contribution >= 0.6 is 11.6 Å². The summed E-state index contributed by atoms with van der Waals surface area (Å²) in [7, 11) is 0. The number of aliphatic hydroxyl groups is 1. The fourth-order valence-corrected chi connectivity index (χ4v) is 5.67. The van der Waals surface area contributed by atoms with Gasteiger partial charge in [0.25, 0.3) is 0 Å². The molecule has 1 N–H and O–H groups in total. The molecule has 3 aliphatic rings. The van der Waals surface area contributed by atoms with Crippen LogP contribution in [0.4, 0.5) is 10.2 Å². The molecule has 5 rings (SSSR count). The Balaban J connectivity index is 1.30. The summed E-state index contributed by atoms with van der Waals surface area (Å²) in [6.45, 7) is 6.18. The third-order valence-corrected chi connectivity index (χ3v) is 7.65. The van der Waals surface area contributed by atoms with E-state index in [1.807, 2.05) is 29.2 Å². The highest BCUT2D eigenvalue weighted by Gasteiger charge is 2.36. The average molecular weight is 488 g/mol. The number of piperazine rings is 1. The second kappa shape index (κ2) is 9.76. The number of hydrogen-bond acceptors (Lipinski definition) is 6. The fraction of sp³-hybridized carbons (Fsp3) is 0.560. The molecule has 2 aliphatic heterocycles. The van der Waals surface area contributed by atoms with Crippen molar-refractivity contribution in [1.82, 2.24) is 19.8 Å². The molecule has 7 nitrogen and oxygen atoms in total. The minimum atomic E-state index is -0.819. The first-order valence-corrected chi connectivity index (χ1v) is 12.5. The van der Waals surface area contributed by atoms with Gasteiger partial charge in [-0.25, -0.2) is 14.4 Å². The topological polar surface area (TPSA) is 72.8 Å². The van der Waals surface area contributed by atoms with Crippen molar-refractivity contribution in [3.8, 4) is 0 Å². The number of hydrogen-bond donors (Lipinski definition) is 1. The number of alkyl halides is 1. The third kappa shape index (κ3) is 4.63. The Kier molecular flexibility index (Phi) is 6.73. The molecular weight excluding hydrogens is 457 g/mol. The molecular formula is C25H31ClFN5O2. The highest BCUT2D eigenvalue weighted by Crippen LogP contribution is 2.42. The Bertz CT molecular complexity index is 1030. The first-order chi connectivity index (χ1) is 16.4. The zero-order chi connectivity index (χ0) is 23.8. The number of carbonyl (C=O) groups is 1. The van der Waals surface area contributed by atoms with E-state index in [1.54, 1.807) is 0 Å². The molecule has 0 radical (unpaired) electrons. The lowest BCUT2D eigenvalue weighted by Gasteiger charge is -2.38. The summed E-state index contributed by atoms with van der Waals surface area (Å²) in [6, 6.07) is 7.42. The molecule has 2 aromatic rings. The van der Waals surface area contributed by atoms with Crippen molar-refractivity contribution in [2.24, 2.45) is 0 Å². The first-order valence-electron chi connectivity index (χ1n) is 12.1. The van der Waals surface area contributed by atoms with Gasteiger partial charge in [-0.05, 0) is 36.5 Å². The van der Waals surface area contributed by atoms with Crippen LogP contribution in [0.2, 0.25) is 5.02 Å². The van der Waals surface area contributed by atoms with Crippen LogP contribution in [0.3, 0.4) is 0 Å². The largest absolute Gasteiger partial charge is 0.387 e. The molecule has 1 aromatic heterocycles. The van der Waals surface area contributed by atoms with Crippen molar-refractivity contribution in [3.63, 3.8) is 0 Å². The van der Waals surface area contributed by atoms with Crippen molar-refractivity contribution >= 4 is 23.3 Å². The molecule has 0 saturated carbocycles. The first kappa shape index (κ1) is 23.5. The van der Waals surface area contributed by atoms with E-state index in [0.717, 1.165) is 22.6 Å². The van der Waals surface area contributed by atoms with Crippen molar-refractivity contribution in [1.29, 1.82) is 0 Å². The van der Waals surface area contributed by atoms with Gasteiger partial charge in [0, 0.05) is 56.4 Å². The molecule has 4 atom stereocenters. The standard InChI is InChI=1S/C25H31ClFN5O2/c1-16-12-21(33)23-22(16)24(29-15-28-23)31-8-10-32(11-9-31)25(34)20(14-30-7-6-19(27)13-30)17-2-4-18(26)5-3-17/h2-5,15-16,19-21,33H,6-14H2,1H3/t16-,19-,20?,21-/m1/s1. The summed E-state index contributed by atoms with van der Waals surface area (Å²) in [5.41, 5.74) is 2.68. The summed E-state index contributed by atoms with van der Waals surface area (Å²) < 4.78 is 13.8. The van der Waals surface area contributed by atoms with Crippen LogP contribution in [-0.2, 0) is 4.79 Å². The van der Waals surface area contributed by atoms with Gasteiger partial charge in [-0.1, -0.05) is 30.7 Å². The zero-order valence-corrected chi connectivity index (χ0v) is 20.2. The maximum Gasteiger partial charge on any atom is 0.231 e. The number of aliphatic hydroxyl groups excluding tert-OH is 1. The van der Waals surface area contributed by atoms with Crippen LogP contribution in [0.1, 0.15) is 54.5 Å². The predicted molar refractivity (Wildman–Crippen MR) is 129 cm³/mol. The molecule has 0 spiro atoms. The monoisotopic (exact) mass is 487 g/mol. The number of rotatable bonds is 5. The minimum absolute atomic E-state index is 0.0704. The number of amides is 1. The summed E-state index contributed by atoms with van der Waals surface area (Å²) in [4.78, 5) is 28.7. The summed E-state index contributed by atoms with van der Waals surface area (Å²) in [5.74, 6) is 0.796. The Labute approximate surface area is 204 Å². The van der Waals surface area contributed by atoms with E-state index in [4.69, 9.17) is 11.6 Å². The van der Waals surface area contributed by atoms with Gasteiger partial charge in [-0.3, -0.25) is 9.69 Å². The molecule has 9 heteroatoms. The number of benzene rings is 1. The Morgan fingerprint density at radius 3 is 2.59 bits per heavy atom. The van der Waals surface area contributed by atoms with Crippen molar-refractivity contribution in [2.75, 3.05) is 50.7 Å². The SMILES string of the molecule is C[C@@H]1C[C@@H](O)c2ncnc(N3CCN(C(=O)C(CN4CC[C@@H](F)C4)c4ccc(Cl)cc4)CC3)c21. The Morgan fingerprint density at radius 2 is 1.91 bits per heavy atom. The van der Waals surface area contributed by atoms with Gasteiger partial charge < -0.3 is 14.9 Å². The van der Waals surface area contributed by atoms with E-state index in [0.29, 0.717) is 63.7 Å². The zero-order valence-electron chi connectivity index (χ0n) is 19.4. The number of nitrogens with zero attached hydrogens (tertiary/aromatic N) is 5. The number of likely N-dealkylation sites (tertiary alicyclic amines) is 1. The highest BCUT2D eigenvalue weighted by atomic mass is 35.5. The molecule has 2 fully saturated rings. The van der Waals surface area contributed by atoms with Crippen LogP contribution in [0.5, 0.6) is 0 Å². The molecule has 1 aliphatic carbocycles. The second-order valence-corrected chi connectivity index (χ2v) is 10.1. The van der Waals surface area contributed by atoms with Crippen LogP contribution in [0.15, 0.2) is 30.6 Å². The molecule has 1 aromatic carbocycles. The van der Waals surface area contributed by atoms with E-state index in [2.05, 4.69) is 26.7 Å². The molecule has 34 heavy (non-hydrogen) atoms. The fourth-order valence-electron chi connectivity index (χ4n) is 5.54. The van der Waals surface area contributed by atoms with Crippen LogP contribution < -0.4 is 4.90 Å². The van der Waals surface area contributed by atoms with Gasteiger partial charge in [0.1, 0.15) is 18.3 Å². The normalized spacial score (nSPS) is 26.1. The van der Waals surface area contributed by atoms with E-state index in [-0.39, 0.29) is 17.7 Å². The molecule has 1 unspecified atom stereocenters. The van der Waals surface area contributed by atoms with E-state index in [1.165, 1.54) is 6.33 Å².